The van der Waals surface area contributed by atoms with E-state index in [0.717, 1.165) is 7.11 Å². The summed E-state index contributed by atoms with van der Waals surface area (Å²) in [6, 6.07) is 2.04. The third-order valence-electron chi connectivity index (χ3n) is 2.61. The highest BCUT2D eigenvalue weighted by Crippen LogP contribution is 2.22. The van der Waals surface area contributed by atoms with Crippen molar-refractivity contribution in [1.82, 2.24) is 4.90 Å². The van der Waals surface area contributed by atoms with Crippen LogP contribution >= 0.6 is 11.3 Å². The van der Waals surface area contributed by atoms with Gasteiger partial charge in [0.1, 0.15) is 12.6 Å². The summed E-state index contributed by atoms with van der Waals surface area (Å²) >= 11 is 1.18. The third kappa shape index (κ3) is 5.72. The van der Waals surface area contributed by atoms with Gasteiger partial charge in [-0.3, -0.25) is 9.59 Å². The molecule has 1 aromatic rings. The summed E-state index contributed by atoms with van der Waals surface area (Å²) in [7, 11) is 1.12. The average Bonchev–Trinajstić information content (AvgIpc) is 2.94. The third-order valence-corrected chi connectivity index (χ3v) is 3.57. The van der Waals surface area contributed by atoms with Crippen LogP contribution in [-0.2, 0) is 14.3 Å². The van der Waals surface area contributed by atoms with Gasteiger partial charge < -0.3 is 15.4 Å². The summed E-state index contributed by atoms with van der Waals surface area (Å²) in [5.74, 6) is -1.57. The number of halogens is 3. The molecule has 5 nitrogen and oxygen atoms in total. The van der Waals surface area contributed by atoms with Crippen molar-refractivity contribution in [3.63, 3.8) is 0 Å². The molecule has 1 heterocycles. The highest BCUT2D eigenvalue weighted by Gasteiger charge is 2.35. The molecule has 0 aliphatic rings. The number of amides is 1. The first kappa shape index (κ1) is 17.4. The fourth-order valence-electron chi connectivity index (χ4n) is 1.60. The zero-order chi connectivity index (χ0) is 16.0. The molecule has 1 atom stereocenters. The Morgan fingerprint density at radius 3 is 2.62 bits per heavy atom. The minimum absolute atomic E-state index is 0.324. The molecule has 1 rings (SSSR count). The Kier molecular flexibility index (Phi) is 6.16. The highest BCUT2D eigenvalue weighted by atomic mass is 32.1. The number of carbonyl (C=O) groups is 2. The van der Waals surface area contributed by atoms with E-state index in [4.69, 9.17) is 5.73 Å². The Balaban J connectivity index is 2.79. The van der Waals surface area contributed by atoms with Crippen LogP contribution in [0.1, 0.15) is 17.3 Å². The maximum Gasteiger partial charge on any atom is 0.406 e. The van der Waals surface area contributed by atoms with Gasteiger partial charge in [-0.15, -0.1) is 11.3 Å². The van der Waals surface area contributed by atoms with Crippen molar-refractivity contribution in [1.29, 1.82) is 0 Å². The van der Waals surface area contributed by atoms with Crippen molar-refractivity contribution in [3.8, 4) is 0 Å². The zero-order valence-electron chi connectivity index (χ0n) is 11.2. The van der Waals surface area contributed by atoms with Crippen LogP contribution in [0.3, 0.4) is 0 Å². The number of nitrogens with zero attached hydrogens (tertiary/aromatic N) is 1. The summed E-state index contributed by atoms with van der Waals surface area (Å²) in [6.45, 7) is -1.86. The van der Waals surface area contributed by atoms with E-state index in [9.17, 15) is 22.8 Å². The Labute approximate surface area is 123 Å². The lowest BCUT2D eigenvalue weighted by molar-refractivity contribution is -0.163. The van der Waals surface area contributed by atoms with Crippen LogP contribution in [0.25, 0.3) is 0 Å². The van der Waals surface area contributed by atoms with Crippen LogP contribution in [-0.4, -0.2) is 43.2 Å². The molecule has 118 valence electrons. The average molecular weight is 324 g/mol. The lowest BCUT2D eigenvalue weighted by Crippen LogP contribution is -2.44. The van der Waals surface area contributed by atoms with Gasteiger partial charge in [0.25, 0.3) is 0 Å². The van der Waals surface area contributed by atoms with Gasteiger partial charge in [-0.25, -0.2) is 0 Å². The maximum atomic E-state index is 12.5. The fraction of sp³-hybridized carbons (Fsp3) is 0.500. The first-order valence-electron chi connectivity index (χ1n) is 5.96. The van der Waals surface area contributed by atoms with Gasteiger partial charge in [-0.1, -0.05) is 6.07 Å². The normalized spacial score (nSPS) is 12.8. The Morgan fingerprint density at radius 1 is 1.48 bits per heavy atom. The van der Waals surface area contributed by atoms with E-state index in [1.54, 1.807) is 17.5 Å². The molecule has 21 heavy (non-hydrogen) atoms. The number of hydrogen-bond acceptors (Lipinski definition) is 5. The Hall–Kier alpha value is -1.61. The Bertz CT molecular complexity index is 477. The van der Waals surface area contributed by atoms with E-state index in [2.05, 4.69) is 4.74 Å². The minimum Gasteiger partial charge on any atom is -0.469 e. The highest BCUT2D eigenvalue weighted by molar-refractivity contribution is 7.10. The van der Waals surface area contributed by atoms with Gasteiger partial charge in [-0.05, 0) is 11.4 Å². The van der Waals surface area contributed by atoms with Gasteiger partial charge in [0, 0.05) is 11.4 Å². The van der Waals surface area contributed by atoms with Crippen LogP contribution in [0.5, 0.6) is 0 Å². The number of rotatable bonds is 6. The van der Waals surface area contributed by atoms with Gasteiger partial charge in [-0.2, -0.15) is 13.2 Å². The predicted molar refractivity (Wildman–Crippen MR) is 70.5 cm³/mol. The van der Waals surface area contributed by atoms with E-state index < -0.39 is 37.2 Å². The quantitative estimate of drug-likeness (QED) is 0.809. The summed E-state index contributed by atoms with van der Waals surface area (Å²) in [5.41, 5.74) is 5.68. The molecule has 0 fully saturated rings. The molecule has 2 N–H and O–H groups in total. The predicted octanol–water partition coefficient (Wildman–Crippen LogP) is 1.70. The molecule has 0 saturated heterocycles. The zero-order valence-corrected chi connectivity index (χ0v) is 12.0. The molecule has 0 radical (unpaired) electrons. The second-order valence-electron chi connectivity index (χ2n) is 4.19. The van der Waals surface area contributed by atoms with E-state index in [1.807, 2.05) is 0 Å². The van der Waals surface area contributed by atoms with Gasteiger partial charge >= 0.3 is 12.1 Å². The first-order chi connectivity index (χ1) is 9.74. The molecular formula is C12H15F3N2O3S. The molecule has 0 saturated carbocycles. The van der Waals surface area contributed by atoms with Crippen molar-refractivity contribution in [3.05, 3.63) is 22.4 Å². The second-order valence-corrected chi connectivity index (χ2v) is 5.17. The lowest BCUT2D eigenvalue weighted by Gasteiger charge is -2.26. The lowest BCUT2D eigenvalue weighted by atomic mass is 10.2. The monoisotopic (exact) mass is 324 g/mol. The minimum atomic E-state index is -4.57. The largest absolute Gasteiger partial charge is 0.469 e. The van der Waals surface area contributed by atoms with E-state index in [-0.39, 0.29) is 6.42 Å². The number of ether oxygens (including phenoxy) is 1. The van der Waals surface area contributed by atoms with Crippen molar-refractivity contribution in [2.45, 2.75) is 18.6 Å². The van der Waals surface area contributed by atoms with Crippen molar-refractivity contribution in [2.75, 3.05) is 20.2 Å². The van der Waals surface area contributed by atoms with Gasteiger partial charge in [0.15, 0.2) is 0 Å². The molecule has 0 bridgehead atoms. The summed E-state index contributed by atoms with van der Waals surface area (Å²) in [5, 5.41) is 1.67. The molecule has 1 unspecified atom stereocenters. The van der Waals surface area contributed by atoms with E-state index in [1.165, 1.54) is 11.3 Å². The molecule has 9 heteroatoms. The molecule has 0 spiro atoms. The number of esters is 1. The topological polar surface area (TPSA) is 72.6 Å². The number of thiophene rings is 1. The van der Waals surface area contributed by atoms with Crippen LogP contribution in [0.15, 0.2) is 17.5 Å². The van der Waals surface area contributed by atoms with Gasteiger partial charge in [0.2, 0.25) is 5.91 Å². The first-order valence-corrected chi connectivity index (χ1v) is 6.84. The summed E-state index contributed by atoms with van der Waals surface area (Å²) in [6.07, 6.45) is -4.89. The SMILES string of the molecule is COC(=O)CCN(CC(F)(F)F)C(=O)C(N)c1cccs1. The fourth-order valence-corrected chi connectivity index (χ4v) is 2.32. The van der Waals surface area contributed by atoms with Gasteiger partial charge in [0.05, 0.1) is 13.5 Å². The summed E-state index contributed by atoms with van der Waals surface area (Å²) in [4.78, 5) is 24.1. The molecule has 0 aliphatic heterocycles. The van der Waals surface area contributed by atoms with Crippen molar-refractivity contribution < 1.29 is 27.5 Å². The molecular weight excluding hydrogens is 309 g/mol. The molecule has 0 aliphatic carbocycles. The molecule has 1 aromatic heterocycles. The number of carbonyl (C=O) groups excluding carboxylic acids is 2. The summed E-state index contributed by atoms with van der Waals surface area (Å²) < 4.78 is 41.9. The van der Waals surface area contributed by atoms with E-state index >= 15 is 0 Å². The second kappa shape index (κ2) is 7.41. The van der Waals surface area contributed by atoms with Crippen LogP contribution in [0, 0.1) is 0 Å². The number of methoxy groups -OCH3 is 1. The standard InChI is InChI=1S/C12H15F3N2O3S/c1-20-9(18)4-5-17(7-12(13,14)15)11(19)10(16)8-3-2-6-21-8/h2-3,6,10H,4-5,7,16H2,1H3. The number of alkyl halides is 3. The van der Waals surface area contributed by atoms with E-state index in [0.29, 0.717) is 9.78 Å². The van der Waals surface area contributed by atoms with Crippen molar-refractivity contribution in [2.24, 2.45) is 5.73 Å². The number of hydrogen-bond donors (Lipinski definition) is 1. The van der Waals surface area contributed by atoms with Crippen LogP contribution in [0.2, 0.25) is 0 Å². The van der Waals surface area contributed by atoms with Crippen LogP contribution < -0.4 is 5.73 Å². The Morgan fingerprint density at radius 2 is 2.14 bits per heavy atom. The maximum absolute atomic E-state index is 12.5. The van der Waals surface area contributed by atoms with Crippen LogP contribution in [0.4, 0.5) is 13.2 Å². The van der Waals surface area contributed by atoms with Crippen molar-refractivity contribution >= 4 is 23.2 Å². The smallest absolute Gasteiger partial charge is 0.406 e. The molecule has 1 amide bonds. The molecule has 0 aromatic carbocycles. The number of nitrogens with two attached hydrogens (primary N) is 1.